The van der Waals surface area contributed by atoms with Crippen LogP contribution in [0.25, 0.3) is 0 Å². The fourth-order valence-corrected chi connectivity index (χ4v) is 3.65. The lowest BCUT2D eigenvalue weighted by Crippen LogP contribution is -2.15. The van der Waals surface area contributed by atoms with Crippen LogP contribution in [-0.2, 0) is 6.42 Å². The lowest BCUT2D eigenvalue weighted by atomic mass is 9.78. The predicted molar refractivity (Wildman–Crippen MR) is 90.9 cm³/mol. The Morgan fingerprint density at radius 1 is 0.905 bits per heavy atom. The minimum absolute atomic E-state index is 0.964. The van der Waals surface area contributed by atoms with Gasteiger partial charge in [-0.2, -0.15) is 0 Å². The highest BCUT2D eigenvalue weighted by Gasteiger charge is 2.20. The SMILES string of the molecule is CCCCCC1CCC(CCc2ccc(OC)cc2)CC1. The second kappa shape index (κ2) is 9.12. The summed E-state index contributed by atoms with van der Waals surface area (Å²) in [5.74, 6) is 2.97. The van der Waals surface area contributed by atoms with Gasteiger partial charge in [-0.1, -0.05) is 70.4 Å². The average molecular weight is 288 g/mol. The number of ether oxygens (including phenoxy) is 1. The monoisotopic (exact) mass is 288 g/mol. The Kier molecular flexibility index (Phi) is 7.12. The summed E-state index contributed by atoms with van der Waals surface area (Å²) in [6.45, 7) is 2.30. The molecule has 1 fully saturated rings. The molecule has 0 aromatic heterocycles. The van der Waals surface area contributed by atoms with Crippen LogP contribution in [0.4, 0.5) is 0 Å². The van der Waals surface area contributed by atoms with E-state index < -0.39 is 0 Å². The van der Waals surface area contributed by atoms with Gasteiger partial charge in [0, 0.05) is 0 Å². The van der Waals surface area contributed by atoms with Crippen LogP contribution in [0, 0.1) is 11.8 Å². The first kappa shape index (κ1) is 16.4. The van der Waals surface area contributed by atoms with E-state index in [9.17, 15) is 0 Å². The molecule has 1 saturated carbocycles. The molecule has 0 heterocycles. The van der Waals surface area contributed by atoms with Crippen LogP contribution >= 0.6 is 0 Å². The molecular formula is C20H32O. The van der Waals surface area contributed by atoms with Crippen LogP contribution in [0.1, 0.15) is 70.3 Å². The maximum atomic E-state index is 5.22. The highest BCUT2D eigenvalue weighted by molar-refractivity contribution is 5.27. The number of rotatable bonds is 8. The average Bonchev–Trinajstić information content (AvgIpc) is 2.55. The normalized spacial score (nSPS) is 22.2. The van der Waals surface area contributed by atoms with Gasteiger partial charge in [0.2, 0.25) is 0 Å². The molecule has 0 unspecified atom stereocenters. The zero-order valence-electron chi connectivity index (χ0n) is 13.9. The van der Waals surface area contributed by atoms with E-state index in [2.05, 4.69) is 31.2 Å². The Balaban J connectivity index is 1.64. The van der Waals surface area contributed by atoms with Crippen LogP contribution in [-0.4, -0.2) is 7.11 Å². The zero-order chi connectivity index (χ0) is 14.9. The van der Waals surface area contributed by atoms with E-state index in [0.717, 1.165) is 17.6 Å². The quantitative estimate of drug-likeness (QED) is 0.532. The lowest BCUT2D eigenvalue weighted by molar-refractivity contribution is 0.249. The van der Waals surface area contributed by atoms with Crippen molar-refractivity contribution in [2.75, 3.05) is 7.11 Å². The Hall–Kier alpha value is -0.980. The van der Waals surface area contributed by atoms with E-state index in [-0.39, 0.29) is 0 Å². The van der Waals surface area contributed by atoms with Crippen molar-refractivity contribution in [2.45, 2.75) is 71.1 Å². The molecule has 0 aliphatic heterocycles. The first-order valence-corrected chi connectivity index (χ1v) is 8.94. The number of hydrogen-bond acceptors (Lipinski definition) is 1. The van der Waals surface area contributed by atoms with E-state index in [4.69, 9.17) is 4.74 Å². The van der Waals surface area contributed by atoms with Gasteiger partial charge in [-0.05, 0) is 42.4 Å². The Bertz CT molecular complexity index is 373. The van der Waals surface area contributed by atoms with Crippen molar-refractivity contribution in [2.24, 2.45) is 11.8 Å². The predicted octanol–water partition coefficient (Wildman–Crippen LogP) is 6.01. The summed E-state index contributed by atoms with van der Waals surface area (Å²) in [7, 11) is 1.73. The molecule has 118 valence electrons. The van der Waals surface area contributed by atoms with Gasteiger partial charge in [-0.25, -0.2) is 0 Å². The van der Waals surface area contributed by atoms with Crippen LogP contribution < -0.4 is 4.74 Å². The van der Waals surface area contributed by atoms with Gasteiger partial charge >= 0.3 is 0 Å². The molecule has 1 aromatic carbocycles. The molecule has 2 rings (SSSR count). The Labute approximate surface area is 131 Å². The number of hydrogen-bond donors (Lipinski definition) is 0. The van der Waals surface area contributed by atoms with Crippen molar-refractivity contribution in [1.29, 1.82) is 0 Å². The van der Waals surface area contributed by atoms with Crippen molar-refractivity contribution in [3.63, 3.8) is 0 Å². The maximum absolute atomic E-state index is 5.22. The van der Waals surface area contributed by atoms with Crippen molar-refractivity contribution in [1.82, 2.24) is 0 Å². The van der Waals surface area contributed by atoms with E-state index >= 15 is 0 Å². The smallest absolute Gasteiger partial charge is 0.118 e. The van der Waals surface area contributed by atoms with Gasteiger partial charge in [0.05, 0.1) is 7.11 Å². The standard InChI is InChI=1S/C20H32O/c1-3-4-5-6-17-7-9-18(10-8-17)11-12-19-13-15-20(21-2)16-14-19/h13-18H,3-12H2,1-2H3. The summed E-state index contributed by atoms with van der Waals surface area (Å²) < 4.78 is 5.22. The van der Waals surface area contributed by atoms with Gasteiger partial charge in [0.15, 0.2) is 0 Å². The molecule has 0 spiro atoms. The summed E-state index contributed by atoms with van der Waals surface area (Å²) in [5.41, 5.74) is 1.46. The molecular weight excluding hydrogens is 256 g/mol. The first-order chi connectivity index (χ1) is 10.3. The van der Waals surface area contributed by atoms with Crippen LogP contribution in [0.5, 0.6) is 5.75 Å². The summed E-state index contributed by atoms with van der Waals surface area (Å²) >= 11 is 0. The van der Waals surface area contributed by atoms with E-state index in [1.54, 1.807) is 7.11 Å². The molecule has 1 heteroatoms. The van der Waals surface area contributed by atoms with E-state index in [1.165, 1.54) is 69.8 Å². The summed E-state index contributed by atoms with van der Waals surface area (Å²) in [6.07, 6.45) is 14.2. The molecule has 1 aliphatic rings. The zero-order valence-corrected chi connectivity index (χ0v) is 13.9. The summed E-state index contributed by atoms with van der Waals surface area (Å²) in [6, 6.07) is 8.60. The van der Waals surface area contributed by atoms with Crippen LogP contribution in [0.3, 0.4) is 0 Å². The second-order valence-corrected chi connectivity index (χ2v) is 6.77. The van der Waals surface area contributed by atoms with E-state index in [0.29, 0.717) is 0 Å². The van der Waals surface area contributed by atoms with Gasteiger partial charge in [-0.15, -0.1) is 0 Å². The molecule has 0 N–H and O–H groups in total. The highest BCUT2D eigenvalue weighted by Crippen LogP contribution is 2.34. The van der Waals surface area contributed by atoms with Gasteiger partial charge in [-0.3, -0.25) is 0 Å². The summed E-state index contributed by atoms with van der Waals surface area (Å²) in [4.78, 5) is 0. The van der Waals surface area contributed by atoms with Crippen molar-refractivity contribution in [3.05, 3.63) is 29.8 Å². The van der Waals surface area contributed by atoms with Crippen LogP contribution in [0.15, 0.2) is 24.3 Å². The molecule has 0 radical (unpaired) electrons. The highest BCUT2D eigenvalue weighted by atomic mass is 16.5. The molecule has 1 nitrogen and oxygen atoms in total. The number of aryl methyl sites for hydroxylation is 1. The fourth-order valence-electron chi connectivity index (χ4n) is 3.65. The molecule has 0 bridgehead atoms. The van der Waals surface area contributed by atoms with Gasteiger partial charge in [0.1, 0.15) is 5.75 Å². The first-order valence-electron chi connectivity index (χ1n) is 8.94. The largest absolute Gasteiger partial charge is 0.497 e. The minimum Gasteiger partial charge on any atom is -0.497 e. The third-order valence-corrected chi connectivity index (χ3v) is 5.18. The maximum Gasteiger partial charge on any atom is 0.118 e. The molecule has 0 amide bonds. The minimum atomic E-state index is 0.964. The second-order valence-electron chi connectivity index (χ2n) is 6.77. The summed E-state index contributed by atoms with van der Waals surface area (Å²) in [5, 5.41) is 0. The van der Waals surface area contributed by atoms with Crippen molar-refractivity contribution >= 4 is 0 Å². The Morgan fingerprint density at radius 3 is 2.10 bits per heavy atom. The topological polar surface area (TPSA) is 9.23 Å². The fraction of sp³-hybridized carbons (Fsp3) is 0.700. The van der Waals surface area contributed by atoms with Gasteiger partial charge < -0.3 is 4.74 Å². The van der Waals surface area contributed by atoms with Gasteiger partial charge in [0.25, 0.3) is 0 Å². The number of methoxy groups -OCH3 is 1. The Morgan fingerprint density at radius 2 is 1.52 bits per heavy atom. The molecule has 1 aromatic rings. The van der Waals surface area contributed by atoms with Crippen molar-refractivity contribution < 1.29 is 4.74 Å². The molecule has 0 saturated heterocycles. The lowest BCUT2D eigenvalue weighted by Gasteiger charge is -2.28. The van der Waals surface area contributed by atoms with E-state index in [1.807, 2.05) is 0 Å². The third-order valence-electron chi connectivity index (χ3n) is 5.18. The molecule has 21 heavy (non-hydrogen) atoms. The molecule has 0 atom stereocenters. The third kappa shape index (κ3) is 5.73. The number of benzene rings is 1. The van der Waals surface area contributed by atoms with Crippen molar-refractivity contribution in [3.8, 4) is 5.75 Å². The van der Waals surface area contributed by atoms with Crippen LogP contribution in [0.2, 0.25) is 0 Å². The number of unbranched alkanes of at least 4 members (excludes halogenated alkanes) is 2. The molecule has 1 aliphatic carbocycles.